The van der Waals surface area contributed by atoms with Gasteiger partial charge in [0.2, 0.25) is 5.91 Å². The second-order valence-corrected chi connectivity index (χ2v) is 7.51. The van der Waals surface area contributed by atoms with Crippen LogP contribution in [0.2, 0.25) is 0 Å². The van der Waals surface area contributed by atoms with E-state index in [1.807, 2.05) is 35.2 Å². The first-order chi connectivity index (χ1) is 15.1. The van der Waals surface area contributed by atoms with Gasteiger partial charge in [0.25, 0.3) is 5.69 Å². The number of nitro benzene ring substituents is 1. The highest BCUT2D eigenvalue weighted by atomic mass is 16.6. The number of amides is 1. The van der Waals surface area contributed by atoms with Crippen molar-refractivity contribution in [2.24, 2.45) is 0 Å². The molecule has 31 heavy (non-hydrogen) atoms. The molecule has 1 unspecified atom stereocenters. The SMILES string of the molecule is O=C(Nc1ccc(N2CCOCC2)c([N+](=O)[O-])c1)C(c1ccccc1)N1CCOCC1. The lowest BCUT2D eigenvalue weighted by Gasteiger charge is -2.33. The molecular weight excluding hydrogens is 400 g/mol. The summed E-state index contributed by atoms with van der Waals surface area (Å²) >= 11 is 0. The third-order valence-electron chi connectivity index (χ3n) is 5.57. The maximum absolute atomic E-state index is 13.3. The first-order valence-electron chi connectivity index (χ1n) is 10.4. The minimum atomic E-state index is -0.497. The molecule has 164 valence electrons. The summed E-state index contributed by atoms with van der Waals surface area (Å²) in [5, 5.41) is 14.6. The minimum absolute atomic E-state index is 0.0256. The molecule has 2 aliphatic rings. The number of nitrogens with zero attached hydrogens (tertiary/aromatic N) is 3. The lowest BCUT2D eigenvalue weighted by atomic mass is 10.0. The molecule has 2 saturated heterocycles. The normalized spacial score (nSPS) is 18.4. The van der Waals surface area contributed by atoms with Gasteiger partial charge in [0, 0.05) is 37.9 Å². The molecule has 0 aromatic heterocycles. The zero-order valence-corrected chi connectivity index (χ0v) is 17.2. The number of anilines is 2. The Hall–Kier alpha value is -3.01. The molecule has 1 atom stereocenters. The van der Waals surface area contributed by atoms with Crippen molar-refractivity contribution < 1.29 is 19.2 Å². The standard InChI is InChI=1S/C22H26N4O5/c27-22(21(17-4-2-1-3-5-17)25-10-14-31-15-11-25)23-18-6-7-19(20(16-18)26(28)29)24-8-12-30-13-9-24/h1-7,16,21H,8-15H2,(H,23,27). The highest BCUT2D eigenvalue weighted by Gasteiger charge is 2.30. The third-order valence-corrected chi connectivity index (χ3v) is 5.57. The quantitative estimate of drug-likeness (QED) is 0.560. The van der Waals surface area contributed by atoms with E-state index in [0.717, 1.165) is 5.56 Å². The molecule has 2 aromatic carbocycles. The maximum Gasteiger partial charge on any atom is 0.294 e. The summed E-state index contributed by atoms with van der Waals surface area (Å²) in [6.07, 6.45) is 0. The molecule has 0 saturated carbocycles. The number of morpholine rings is 2. The largest absolute Gasteiger partial charge is 0.379 e. The number of rotatable bonds is 6. The Balaban J connectivity index is 1.58. The van der Waals surface area contributed by atoms with Crippen molar-refractivity contribution in [3.05, 3.63) is 64.2 Å². The smallest absolute Gasteiger partial charge is 0.294 e. The van der Waals surface area contributed by atoms with E-state index in [2.05, 4.69) is 10.2 Å². The number of carbonyl (C=O) groups is 1. The molecule has 0 radical (unpaired) electrons. The van der Waals surface area contributed by atoms with Crippen molar-refractivity contribution in [3.8, 4) is 0 Å². The van der Waals surface area contributed by atoms with Gasteiger partial charge in [-0.25, -0.2) is 0 Å². The molecule has 2 aromatic rings. The number of nitrogens with one attached hydrogen (secondary N) is 1. The predicted molar refractivity (Wildman–Crippen MR) is 116 cm³/mol. The van der Waals surface area contributed by atoms with Gasteiger partial charge in [-0.1, -0.05) is 30.3 Å². The van der Waals surface area contributed by atoms with Gasteiger partial charge in [0.05, 0.1) is 31.4 Å². The van der Waals surface area contributed by atoms with Crippen LogP contribution >= 0.6 is 0 Å². The van der Waals surface area contributed by atoms with Crippen LogP contribution in [-0.2, 0) is 14.3 Å². The number of hydrogen-bond donors (Lipinski definition) is 1. The van der Waals surface area contributed by atoms with Crippen LogP contribution in [-0.4, -0.2) is 68.3 Å². The van der Waals surface area contributed by atoms with E-state index >= 15 is 0 Å². The van der Waals surface area contributed by atoms with Crippen molar-refractivity contribution in [1.82, 2.24) is 4.90 Å². The fraction of sp³-hybridized carbons (Fsp3) is 0.409. The van der Waals surface area contributed by atoms with E-state index in [-0.39, 0.29) is 11.6 Å². The maximum atomic E-state index is 13.3. The lowest BCUT2D eigenvalue weighted by Crippen LogP contribution is -2.43. The lowest BCUT2D eigenvalue weighted by molar-refractivity contribution is -0.384. The minimum Gasteiger partial charge on any atom is -0.379 e. The molecule has 0 aliphatic carbocycles. The number of carbonyl (C=O) groups excluding carboxylic acids is 1. The van der Waals surface area contributed by atoms with Gasteiger partial charge in [-0.15, -0.1) is 0 Å². The van der Waals surface area contributed by atoms with E-state index in [9.17, 15) is 14.9 Å². The van der Waals surface area contributed by atoms with E-state index in [4.69, 9.17) is 9.47 Å². The molecule has 0 bridgehead atoms. The summed E-state index contributed by atoms with van der Waals surface area (Å²) in [7, 11) is 0. The third kappa shape index (κ3) is 5.01. The number of ether oxygens (including phenoxy) is 2. The Labute approximate surface area is 180 Å². The summed E-state index contributed by atoms with van der Waals surface area (Å²) in [6.45, 7) is 4.68. The zero-order chi connectivity index (χ0) is 21.6. The van der Waals surface area contributed by atoms with Crippen molar-refractivity contribution in [2.45, 2.75) is 6.04 Å². The summed E-state index contributed by atoms with van der Waals surface area (Å²) in [4.78, 5) is 28.6. The van der Waals surface area contributed by atoms with Crippen LogP contribution in [0.5, 0.6) is 0 Å². The van der Waals surface area contributed by atoms with Gasteiger partial charge in [-0.05, 0) is 17.7 Å². The van der Waals surface area contributed by atoms with E-state index in [0.29, 0.717) is 64.0 Å². The molecule has 9 heteroatoms. The number of nitro groups is 1. The van der Waals surface area contributed by atoms with Gasteiger partial charge in [0.1, 0.15) is 11.7 Å². The van der Waals surface area contributed by atoms with Crippen LogP contribution < -0.4 is 10.2 Å². The highest BCUT2D eigenvalue weighted by Crippen LogP contribution is 2.32. The Morgan fingerprint density at radius 1 is 0.968 bits per heavy atom. The molecule has 4 rings (SSSR count). The summed E-state index contributed by atoms with van der Waals surface area (Å²) < 4.78 is 10.8. The number of benzene rings is 2. The van der Waals surface area contributed by atoms with Gasteiger partial charge in [-0.2, -0.15) is 0 Å². The van der Waals surface area contributed by atoms with Crippen molar-refractivity contribution in [1.29, 1.82) is 0 Å². The highest BCUT2D eigenvalue weighted by molar-refractivity contribution is 5.96. The molecule has 1 N–H and O–H groups in total. The Morgan fingerprint density at radius 3 is 2.26 bits per heavy atom. The predicted octanol–water partition coefficient (Wildman–Crippen LogP) is 2.44. The van der Waals surface area contributed by atoms with Gasteiger partial charge in [0.15, 0.2) is 0 Å². The molecule has 2 fully saturated rings. The van der Waals surface area contributed by atoms with Crippen LogP contribution in [0.1, 0.15) is 11.6 Å². The molecular formula is C22H26N4O5. The second kappa shape index (κ2) is 9.86. The van der Waals surface area contributed by atoms with E-state index in [1.54, 1.807) is 12.1 Å². The Kier molecular flexibility index (Phi) is 6.76. The fourth-order valence-electron chi connectivity index (χ4n) is 4.03. The van der Waals surface area contributed by atoms with Crippen molar-refractivity contribution in [3.63, 3.8) is 0 Å². The second-order valence-electron chi connectivity index (χ2n) is 7.51. The molecule has 1 amide bonds. The van der Waals surface area contributed by atoms with E-state index in [1.165, 1.54) is 6.07 Å². The van der Waals surface area contributed by atoms with Gasteiger partial charge >= 0.3 is 0 Å². The first kappa shape index (κ1) is 21.2. The van der Waals surface area contributed by atoms with E-state index < -0.39 is 11.0 Å². The summed E-state index contributed by atoms with van der Waals surface area (Å²) in [5.74, 6) is -0.221. The van der Waals surface area contributed by atoms with Crippen molar-refractivity contribution in [2.75, 3.05) is 62.8 Å². The van der Waals surface area contributed by atoms with Gasteiger partial charge < -0.3 is 19.7 Å². The topological polar surface area (TPSA) is 97.2 Å². The monoisotopic (exact) mass is 426 g/mol. The zero-order valence-electron chi connectivity index (χ0n) is 17.2. The van der Waals surface area contributed by atoms with Crippen LogP contribution in [0.4, 0.5) is 17.1 Å². The Morgan fingerprint density at radius 2 is 1.61 bits per heavy atom. The Bertz CT molecular complexity index is 911. The number of hydrogen-bond acceptors (Lipinski definition) is 7. The van der Waals surface area contributed by atoms with Crippen molar-refractivity contribution >= 4 is 23.0 Å². The van der Waals surface area contributed by atoms with Crippen LogP contribution in [0.3, 0.4) is 0 Å². The summed E-state index contributed by atoms with van der Waals surface area (Å²) in [6, 6.07) is 13.9. The van der Waals surface area contributed by atoms with Crippen LogP contribution in [0, 0.1) is 10.1 Å². The summed E-state index contributed by atoms with van der Waals surface area (Å²) in [5.41, 5.74) is 1.80. The van der Waals surface area contributed by atoms with Gasteiger partial charge in [-0.3, -0.25) is 19.8 Å². The molecule has 2 heterocycles. The first-order valence-corrected chi connectivity index (χ1v) is 10.4. The average molecular weight is 426 g/mol. The molecule has 0 spiro atoms. The molecule has 9 nitrogen and oxygen atoms in total. The van der Waals surface area contributed by atoms with Crippen LogP contribution in [0.25, 0.3) is 0 Å². The molecule has 2 aliphatic heterocycles. The fourth-order valence-corrected chi connectivity index (χ4v) is 4.03. The average Bonchev–Trinajstić information content (AvgIpc) is 2.81. The van der Waals surface area contributed by atoms with Crippen LogP contribution in [0.15, 0.2) is 48.5 Å².